The second-order valence-corrected chi connectivity index (χ2v) is 11.1. The summed E-state index contributed by atoms with van der Waals surface area (Å²) in [6.07, 6.45) is 2.44. The zero-order valence-electron chi connectivity index (χ0n) is 19.3. The monoisotopic (exact) mass is 507 g/mol. The van der Waals surface area contributed by atoms with Gasteiger partial charge in [0.25, 0.3) is 11.8 Å². The van der Waals surface area contributed by atoms with Gasteiger partial charge in [-0.1, -0.05) is 35.7 Å². The first-order chi connectivity index (χ1) is 16.2. The van der Waals surface area contributed by atoms with Crippen LogP contribution in [-0.2, 0) is 20.0 Å². The summed E-state index contributed by atoms with van der Waals surface area (Å²) in [7, 11) is 1.69. The van der Waals surface area contributed by atoms with Crippen LogP contribution in [-0.4, -0.2) is 73.3 Å². The molecule has 1 fully saturated rings. The van der Waals surface area contributed by atoms with Crippen molar-refractivity contribution < 1.29 is 19.8 Å². The molecular weight excluding hydrogens is 478 g/mol. The summed E-state index contributed by atoms with van der Waals surface area (Å²) < 4.78 is 4.54. The summed E-state index contributed by atoms with van der Waals surface area (Å²) in [6, 6.07) is 7.24. The highest BCUT2D eigenvalue weighted by Crippen LogP contribution is 2.48. The Morgan fingerprint density at radius 1 is 1.26 bits per heavy atom. The maximum absolute atomic E-state index is 13.3. The van der Waals surface area contributed by atoms with Crippen molar-refractivity contribution in [2.24, 2.45) is 7.05 Å². The molecule has 184 valence electrons. The van der Waals surface area contributed by atoms with Crippen LogP contribution in [0, 0.1) is 0 Å². The van der Waals surface area contributed by atoms with Gasteiger partial charge in [-0.05, 0) is 43.9 Å². The van der Waals surface area contributed by atoms with Crippen LogP contribution < -0.4 is 10.0 Å². The molecule has 11 heteroatoms. The van der Waals surface area contributed by atoms with E-state index in [0.29, 0.717) is 48.0 Å². The van der Waals surface area contributed by atoms with Gasteiger partial charge < -0.3 is 20.4 Å². The van der Waals surface area contributed by atoms with Gasteiger partial charge in [0.1, 0.15) is 5.69 Å². The number of aromatic nitrogens is 2. The minimum Gasteiger partial charge on any atom is -0.394 e. The SMILES string of the molecule is Cn1nc(C(=O)NCc2ccc(Cl)cc2)c2c1C(=O)N(CC1(SNC(C)(CO)CO)CC1)CC2. The number of halogens is 1. The maximum Gasteiger partial charge on any atom is 0.272 e. The number of carbonyl (C=O) groups excluding carboxylic acids is 2. The van der Waals surface area contributed by atoms with Gasteiger partial charge in [0.2, 0.25) is 0 Å². The molecule has 0 saturated heterocycles. The van der Waals surface area contributed by atoms with E-state index in [1.807, 2.05) is 17.0 Å². The molecule has 2 aromatic rings. The molecule has 34 heavy (non-hydrogen) atoms. The quantitative estimate of drug-likeness (QED) is 0.360. The fourth-order valence-electron chi connectivity index (χ4n) is 3.90. The van der Waals surface area contributed by atoms with Crippen molar-refractivity contribution in [2.45, 2.75) is 43.0 Å². The van der Waals surface area contributed by atoms with Crippen molar-refractivity contribution in [3.8, 4) is 0 Å². The van der Waals surface area contributed by atoms with E-state index in [-0.39, 0.29) is 29.8 Å². The van der Waals surface area contributed by atoms with Crippen molar-refractivity contribution >= 4 is 35.4 Å². The maximum atomic E-state index is 13.3. The Labute approximate surface area is 208 Å². The van der Waals surface area contributed by atoms with Gasteiger partial charge in [0.15, 0.2) is 5.69 Å². The van der Waals surface area contributed by atoms with E-state index in [2.05, 4.69) is 15.1 Å². The predicted octanol–water partition coefficient (Wildman–Crippen LogP) is 1.52. The minimum atomic E-state index is -0.782. The van der Waals surface area contributed by atoms with Gasteiger partial charge in [-0.15, -0.1) is 0 Å². The molecule has 2 aliphatic rings. The lowest BCUT2D eigenvalue weighted by atomic mass is 10.0. The number of aliphatic hydroxyl groups is 2. The van der Waals surface area contributed by atoms with E-state index in [0.717, 1.165) is 18.4 Å². The molecule has 1 aliphatic carbocycles. The fourth-order valence-corrected chi connectivity index (χ4v) is 5.14. The average molecular weight is 508 g/mol. The van der Waals surface area contributed by atoms with Gasteiger partial charge in [-0.25, -0.2) is 0 Å². The summed E-state index contributed by atoms with van der Waals surface area (Å²) in [6.45, 7) is 2.79. The molecule has 4 rings (SSSR count). The number of amides is 2. The number of nitrogens with one attached hydrogen (secondary N) is 2. The number of rotatable bonds is 10. The van der Waals surface area contributed by atoms with Crippen molar-refractivity contribution in [3.63, 3.8) is 0 Å². The van der Waals surface area contributed by atoms with E-state index in [1.54, 1.807) is 26.1 Å². The van der Waals surface area contributed by atoms with Crippen molar-refractivity contribution in [1.29, 1.82) is 0 Å². The number of nitrogens with zero attached hydrogens (tertiary/aromatic N) is 3. The molecular formula is C23H30ClN5O4S. The molecule has 0 atom stereocenters. The van der Waals surface area contributed by atoms with Gasteiger partial charge >= 0.3 is 0 Å². The highest BCUT2D eigenvalue weighted by Gasteiger charge is 2.48. The van der Waals surface area contributed by atoms with Crippen LogP contribution in [0.1, 0.15) is 51.9 Å². The molecule has 4 N–H and O–H groups in total. The second kappa shape index (κ2) is 9.87. The molecule has 0 bridgehead atoms. The number of aryl methyl sites for hydroxylation is 1. The first kappa shape index (κ1) is 25.0. The lowest BCUT2D eigenvalue weighted by Crippen LogP contribution is -2.48. The van der Waals surface area contributed by atoms with Crippen LogP contribution in [0.4, 0.5) is 0 Å². The zero-order chi connectivity index (χ0) is 24.5. The van der Waals surface area contributed by atoms with E-state index in [1.165, 1.54) is 16.6 Å². The van der Waals surface area contributed by atoms with Crippen LogP contribution in [0.15, 0.2) is 24.3 Å². The molecule has 9 nitrogen and oxygen atoms in total. The van der Waals surface area contributed by atoms with Gasteiger partial charge in [-0.3, -0.25) is 19.0 Å². The summed E-state index contributed by atoms with van der Waals surface area (Å²) in [5.74, 6) is -0.439. The Balaban J connectivity index is 1.41. The smallest absolute Gasteiger partial charge is 0.272 e. The van der Waals surface area contributed by atoms with Crippen LogP contribution >= 0.6 is 23.5 Å². The Morgan fingerprint density at radius 2 is 1.94 bits per heavy atom. The zero-order valence-corrected chi connectivity index (χ0v) is 20.9. The second-order valence-electron chi connectivity index (χ2n) is 9.35. The lowest BCUT2D eigenvalue weighted by Gasteiger charge is -2.33. The van der Waals surface area contributed by atoms with Crippen molar-refractivity contribution in [2.75, 3.05) is 26.3 Å². The Kier molecular flexibility index (Phi) is 7.25. The number of fused-ring (bicyclic) bond motifs is 1. The van der Waals surface area contributed by atoms with Crippen LogP contribution in [0.25, 0.3) is 0 Å². The number of aliphatic hydroxyl groups excluding tert-OH is 2. The standard InChI is InChI=1S/C23H30ClN5O4S/c1-22(13-30,14-31)27-34-23(8-9-23)12-29-10-7-17-18(26-28(2)19(17)21(29)33)20(32)25-11-15-3-5-16(24)6-4-15/h3-6,27,30-31H,7-14H2,1-2H3,(H,25,32). The third-order valence-electron chi connectivity index (χ3n) is 6.35. The lowest BCUT2D eigenvalue weighted by molar-refractivity contribution is 0.0725. The first-order valence-electron chi connectivity index (χ1n) is 11.2. The molecule has 1 aromatic carbocycles. The summed E-state index contributed by atoms with van der Waals surface area (Å²) in [5.41, 5.74) is 1.56. The van der Waals surface area contributed by atoms with Gasteiger partial charge in [0.05, 0.1) is 18.8 Å². The van der Waals surface area contributed by atoms with Crippen molar-refractivity contribution in [3.05, 3.63) is 51.8 Å². The summed E-state index contributed by atoms with van der Waals surface area (Å²) >= 11 is 7.40. The molecule has 0 unspecified atom stereocenters. The van der Waals surface area contributed by atoms with E-state index < -0.39 is 5.54 Å². The highest BCUT2D eigenvalue weighted by atomic mass is 35.5. The fraction of sp³-hybridized carbons (Fsp3) is 0.522. The summed E-state index contributed by atoms with van der Waals surface area (Å²) in [5, 5.41) is 26.9. The number of benzene rings is 1. The molecule has 1 aromatic heterocycles. The summed E-state index contributed by atoms with van der Waals surface area (Å²) in [4.78, 5) is 28.0. The first-order valence-corrected chi connectivity index (χ1v) is 12.4. The topological polar surface area (TPSA) is 120 Å². The minimum absolute atomic E-state index is 0.132. The number of hydrogen-bond acceptors (Lipinski definition) is 7. The number of hydrogen-bond donors (Lipinski definition) is 4. The predicted molar refractivity (Wildman–Crippen MR) is 131 cm³/mol. The van der Waals surface area contributed by atoms with Crippen LogP contribution in [0.2, 0.25) is 5.02 Å². The third kappa shape index (κ3) is 5.26. The normalized spacial score (nSPS) is 17.0. The van der Waals surface area contributed by atoms with E-state index >= 15 is 0 Å². The van der Waals surface area contributed by atoms with Crippen LogP contribution in [0.3, 0.4) is 0 Å². The molecule has 2 amide bonds. The Hall–Kier alpha value is -2.11. The Bertz CT molecular complexity index is 1070. The molecule has 1 saturated carbocycles. The third-order valence-corrected chi connectivity index (χ3v) is 8.16. The average Bonchev–Trinajstić information content (AvgIpc) is 3.52. The number of carbonyl (C=O) groups is 2. The van der Waals surface area contributed by atoms with Crippen molar-refractivity contribution in [1.82, 2.24) is 24.7 Å². The van der Waals surface area contributed by atoms with Gasteiger partial charge in [-0.2, -0.15) is 5.10 Å². The van der Waals surface area contributed by atoms with Gasteiger partial charge in [0, 0.05) is 42.0 Å². The molecule has 2 heterocycles. The molecule has 0 radical (unpaired) electrons. The largest absolute Gasteiger partial charge is 0.394 e. The Morgan fingerprint density at radius 3 is 2.56 bits per heavy atom. The van der Waals surface area contributed by atoms with E-state index in [4.69, 9.17) is 11.6 Å². The molecule has 1 aliphatic heterocycles. The highest BCUT2D eigenvalue weighted by molar-refractivity contribution is 7.99. The van der Waals surface area contributed by atoms with Crippen LogP contribution in [0.5, 0.6) is 0 Å². The molecule has 0 spiro atoms. The van der Waals surface area contributed by atoms with E-state index in [9.17, 15) is 19.8 Å².